The summed E-state index contributed by atoms with van der Waals surface area (Å²) >= 11 is 0. The van der Waals surface area contributed by atoms with E-state index in [1.807, 2.05) is 0 Å². The predicted octanol–water partition coefficient (Wildman–Crippen LogP) is 2.02. The normalized spacial score (nSPS) is 12.1. The van der Waals surface area contributed by atoms with Crippen LogP contribution >= 0.6 is 0 Å². The zero-order valence-corrected chi connectivity index (χ0v) is 10.4. The molecule has 1 aromatic rings. The van der Waals surface area contributed by atoms with Crippen molar-refractivity contribution in [3.05, 3.63) is 27.8 Å². The molecule has 0 aromatic carbocycles. The van der Waals surface area contributed by atoms with E-state index in [2.05, 4.69) is 0 Å². The van der Waals surface area contributed by atoms with Gasteiger partial charge in [0.25, 0.3) is 0 Å². The van der Waals surface area contributed by atoms with Crippen molar-refractivity contribution in [1.29, 1.82) is 0 Å². The van der Waals surface area contributed by atoms with Crippen molar-refractivity contribution in [2.45, 2.75) is 39.0 Å². The first kappa shape index (κ1) is 14.2. The second kappa shape index (κ2) is 6.14. The standard InChI is InChI=1S/C13H16O5/c1-3-9(15)12-10(16)7-11(18-13(12)17)8(2)5-4-6-14/h6-8,16H,3-5H2,1-2H3/t8-/m1/s1. The van der Waals surface area contributed by atoms with Crippen LogP contribution in [0.2, 0.25) is 0 Å². The first-order valence-electron chi connectivity index (χ1n) is 5.85. The van der Waals surface area contributed by atoms with Crippen LogP contribution in [0.3, 0.4) is 0 Å². The second-order valence-electron chi connectivity index (χ2n) is 4.12. The fourth-order valence-electron chi connectivity index (χ4n) is 1.64. The lowest BCUT2D eigenvalue weighted by atomic mass is 10.0. The number of Topliss-reactive ketones (excluding diaryl/α,β-unsaturated/α-hetero) is 1. The SMILES string of the molecule is CCC(=O)c1c(O)cc([C@H](C)CCC=O)oc1=O. The molecular weight excluding hydrogens is 236 g/mol. The number of carbonyl (C=O) groups is 2. The van der Waals surface area contributed by atoms with Crippen molar-refractivity contribution in [3.8, 4) is 5.75 Å². The lowest BCUT2D eigenvalue weighted by molar-refractivity contribution is -0.108. The second-order valence-corrected chi connectivity index (χ2v) is 4.12. The van der Waals surface area contributed by atoms with Gasteiger partial charge in [-0.3, -0.25) is 4.79 Å². The van der Waals surface area contributed by atoms with Gasteiger partial charge in [0.1, 0.15) is 23.4 Å². The number of rotatable bonds is 6. The van der Waals surface area contributed by atoms with Crippen molar-refractivity contribution in [2.75, 3.05) is 0 Å². The first-order valence-corrected chi connectivity index (χ1v) is 5.85. The van der Waals surface area contributed by atoms with Gasteiger partial charge in [-0.1, -0.05) is 13.8 Å². The first-order chi connectivity index (χ1) is 8.51. The van der Waals surface area contributed by atoms with Gasteiger partial charge in [0.2, 0.25) is 0 Å². The highest BCUT2D eigenvalue weighted by molar-refractivity contribution is 5.97. The maximum Gasteiger partial charge on any atom is 0.350 e. The molecule has 5 heteroatoms. The van der Waals surface area contributed by atoms with Crippen LogP contribution < -0.4 is 5.63 Å². The van der Waals surface area contributed by atoms with Crippen molar-refractivity contribution < 1.29 is 19.1 Å². The van der Waals surface area contributed by atoms with Crippen molar-refractivity contribution in [2.24, 2.45) is 0 Å². The van der Waals surface area contributed by atoms with Gasteiger partial charge < -0.3 is 14.3 Å². The summed E-state index contributed by atoms with van der Waals surface area (Å²) in [5.41, 5.74) is -1.13. The minimum atomic E-state index is -0.824. The Bertz CT molecular complexity index is 501. The molecule has 0 radical (unpaired) electrons. The Balaban J connectivity index is 3.10. The summed E-state index contributed by atoms with van der Waals surface area (Å²) in [6, 6.07) is 1.28. The van der Waals surface area contributed by atoms with Crippen LogP contribution in [0, 0.1) is 0 Å². The number of carbonyl (C=O) groups excluding carboxylic acids is 2. The molecule has 98 valence electrons. The van der Waals surface area contributed by atoms with E-state index in [0.29, 0.717) is 12.8 Å². The van der Waals surface area contributed by atoms with E-state index in [-0.39, 0.29) is 29.4 Å². The summed E-state index contributed by atoms with van der Waals surface area (Å²) in [4.78, 5) is 33.3. The van der Waals surface area contributed by atoms with Gasteiger partial charge >= 0.3 is 5.63 Å². The monoisotopic (exact) mass is 252 g/mol. The van der Waals surface area contributed by atoms with Crippen LogP contribution in [0.25, 0.3) is 0 Å². The molecular formula is C13H16O5. The molecule has 0 saturated heterocycles. The highest BCUT2D eigenvalue weighted by atomic mass is 16.4. The lowest BCUT2D eigenvalue weighted by Crippen LogP contribution is -2.15. The Kier molecular flexibility index (Phi) is 4.83. The third-order valence-corrected chi connectivity index (χ3v) is 2.75. The molecule has 1 aromatic heterocycles. The molecule has 0 aliphatic heterocycles. The fraction of sp³-hybridized carbons (Fsp3) is 0.462. The maximum atomic E-state index is 11.6. The van der Waals surface area contributed by atoms with Crippen LogP contribution in [-0.2, 0) is 4.79 Å². The molecule has 5 nitrogen and oxygen atoms in total. The number of hydrogen-bond donors (Lipinski definition) is 1. The molecule has 1 N–H and O–H groups in total. The number of hydrogen-bond acceptors (Lipinski definition) is 5. The Morgan fingerprint density at radius 2 is 2.22 bits per heavy atom. The van der Waals surface area contributed by atoms with Crippen molar-refractivity contribution in [1.82, 2.24) is 0 Å². The minimum absolute atomic E-state index is 0.123. The topological polar surface area (TPSA) is 84.6 Å². The summed E-state index contributed by atoms with van der Waals surface area (Å²) in [5, 5.41) is 9.70. The maximum absolute atomic E-state index is 11.6. The number of aromatic hydroxyl groups is 1. The molecule has 0 bridgehead atoms. The Morgan fingerprint density at radius 3 is 2.72 bits per heavy atom. The van der Waals surface area contributed by atoms with Crippen LogP contribution in [0.1, 0.15) is 55.1 Å². The molecule has 0 aliphatic rings. The highest BCUT2D eigenvalue weighted by Crippen LogP contribution is 2.24. The van der Waals surface area contributed by atoms with E-state index >= 15 is 0 Å². The van der Waals surface area contributed by atoms with Crippen LogP contribution in [0.5, 0.6) is 5.75 Å². The molecule has 0 spiro atoms. The van der Waals surface area contributed by atoms with E-state index in [9.17, 15) is 19.5 Å². The highest BCUT2D eigenvalue weighted by Gasteiger charge is 2.19. The van der Waals surface area contributed by atoms with Crippen LogP contribution in [0.4, 0.5) is 0 Å². The summed E-state index contributed by atoms with van der Waals surface area (Å²) in [6.45, 7) is 3.38. The zero-order valence-electron chi connectivity index (χ0n) is 10.4. The van der Waals surface area contributed by atoms with Gasteiger partial charge in [-0.25, -0.2) is 4.79 Å². The molecule has 0 saturated carbocycles. The molecule has 18 heavy (non-hydrogen) atoms. The van der Waals surface area contributed by atoms with E-state index < -0.39 is 11.4 Å². The van der Waals surface area contributed by atoms with Gasteiger partial charge in [0.15, 0.2) is 5.78 Å². The van der Waals surface area contributed by atoms with E-state index in [4.69, 9.17) is 4.42 Å². The smallest absolute Gasteiger partial charge is 0.350 e. The van der Waals surface area contributed by atoms with E-state index in [1.165, 1.54) is 6.07 Å². The van der Waals surface area contributed by atoms with Gasteiger partial charge in [-0.2, -0.15) is 0 Å². The molecule has 0 amide bonds. The average Bonchev–Trinajstić information content (AvgIpc) is 2.34. The van der Waals surface area contributed by atoms with Gasteiger partial charge in [-0.15, -0.1) is 0 Å². The Labute approximate surface area is 104 Å². The quantitative estimate of drug-likeness (QED) is 0.618. The van der Waals surface area contributed by atoms with Crippen molar-refractivity contribution >= 4 is 12.1 Å². The largest absolute Gasteiger partial charge is 0.507 e. The third kappa shape index (κ3) is 3.06. The summed E-state index contributed by atoms with van der Waals surface area (Å²) in [6.07, 6.45) is 1.77. The minimum Gasteiger partial charge on any atom is -0.507 e. The van der Waals surface area contributed by atoms with E-state index in [1.54, 1.807) is 13.8 Å². The molecule has 1 atom stereocenters. The average molecular weight is 252 g/mol. The number of ketones is 1. The summed E-state index contributed by atoms with van der Waals surface area (Å²) in [5.74, 6) is -0.689. The van der Waals surface area contributed by atoms with Crippen LogP contribution in [-0.4, -0.2) is 17.2 Å². The predicted molar refractivity (Wildman–Crippen MR) is 65.0 cm³/mol. The van der Waals surface area contributed by atoms with Crippen molar-refractivity contribution in [3.63, 3.8) is 0 Å². The third-order valence-electron chi connectivity index (χ3n) is 2.75. The molecule has 0 fully saturated rings. The molecule has 0 unspecified atom stereocenters. The van der Waals surface area contributed by atoms with Gasteiger partial charge in [0, 0.05) is 24.8 Å². The molecule has 1 heterocycles. The van der Waals surface area contributed by atoms with Gasteiger partial charge in [0.05, 0.1) is 0 Å². The molecule has 0 aliphatic carbocycles. The fourth-order valence-corrected chi connectivity index (χ4v) is 1.64. The summed E-state index contributed by atoms with van der Waals surface area (Å²) < 4.78 is 5.02. The molecule has 1 rings (SSSR count). The Morgan fingerprint density at radius 1 is 1.56 bits per heavy atom. The van der Waals surface area contributed by atoms with E-state index in [0.717, 1.165) is 6.29 Å². The lowest BCUT2D eigenvalue weighted by Gasteiger charge is -2.09. The Hall–Kier alpha value is -1.91. The van der Waals surface area contributed by atoms with Gasteiger partial charge in [-0.05, 0) is 6.42 Å². The zero-order chi connectivity index (χ0) is 13.7. The number of aldehydes is 1. The van der Waals surface area contributed by atoms with Crippen LogP contribution in [0.15, 0.2) is 15.3 Å². The summed E-state index contributed by atoms with van der Waals surface area (Å²) in [7, 11) is 0.